The summed E-state index contributed by atoms with van der Waals surface area (Å²) >= 11 is 0. The fourth-order valence-corrected chi connectivity index (χ4v) is 2.03. The van der Waals surface area contributed by atoms with Gasteiger partial charge >= 0.3 is 0 Å². The molecule has 1 heteroatoms. The molecular formula is C16H22O. The van der Waals surface area contributed by atoms with Gasteiger partial charge in [0.15, 0.2) is 0 Å². The van der Waals surface area contributed by atoms with Crippen LogP contribution >= 0.6 is 0 Å². The lowest BCUT2D eigenvalue weighted by atomic mass is 9.80. The van der Waals surface area contributed by atoms with Crippen molar-refractivity contribution in [2.75, 3.05) is 0 Å². The van der Waals surface area contributed by atoms with Gasteiger partial charge in [-0.15, -0.1) is 6.58 Å². The third kappa shape index (κ3) is 3.55. The lowest BCUT2D eigenvalue weighted by molar-refractivity contribution is -0.112. The van der Waals surface area contributed by atoms with Crippen LogP contribution in [0, 0.1) is 5.92 Å². The maximum absolute atomic E-state index is 11.2. The Labute approximate surface area is 105 Å². The normalized spacial score (nSPS) is 14.4. The Morgan fingerprint density at radius 1 is 1.29 bits per heavy atom. The predicted octanol–water partition coefficient (Wildman–Crippen LogP) is 3.92. The molecule has 17 heavy (non-hydrogen) atoms. The van der Waals surface area contributed by atoms with E-state index >= 15 is 0 Å². The summed E-state index contributed by atoms with van der Waals surface area (Å²) < 4.78 is 0. The maximum atomic E-state index is 11.2. The molecule has 1 nitrogen and oxygen atoms in total. The van der Waals surface area contributed by atoms with E-state index in [4.69, 9.17) is 0 Å². The van der Waals surface area contributed by atoms with Crippen molar-refractivity contribution < 1.29 is 4.79 Å². The smallest absolute Gasteiger partial charge is 0.130 e. The Balaban J connectivity index is 2.92. The Morgan fingerprint density at radius 3 is 2.29 bits per heavy atom. The predicted molar refractivity (Wildman–Crippen MR) is 73.2 cm³/mol. The Hall–Kier alpha value is -1.37. The van der Waals surface area contributed by atoms with Gasteiger partial charge in [-0.3, -0.25) is 0 Å². The number of benzene rings is 1. The third-order valence-corrected chi connectivity index (χ3v) is 3.09. The van der Waals surface area contributed by atoms with E-state index in [1.807, 2.05) is 6.92 Å². The van der Waals surface area contributed by atoms with E-state index in [1.54, 1.807) is 6.08 Å². The monoisotopic (exact) mass is 230 g/mol. The van der Waals surface area contributed by atoms with Gasteiger partial charge in [-0.1, -0.05) is 44.2 Å². The molecular weight excluding hydrogens is 208 g/mol. The molecule has 0 saturated heterocycles. The van der Waals surface area contributed by atoms with E-state index in [0.717, 1.165) is 18.3 Å². The topological polar surface area (TPSA) is 17.1 Å². The first-order valence-corrected chi connectivity index (χ1v) is 6.18. The number of allylic oxidation sites excluding steroid dienone is 1. The summed E-state index contributed by atoms with van der Waals surface area (Å²) in [5.74, 6) is 0.659. The molecule has 0 aliphatic heterocycles. The highest BCUT2D eigenvalue weighted by molar-refractivity contribution is 5.68. The number of rotatable bonds is 6. The zero-order chi connectivity index (χ0) is 12.9. The quantitative estimate of drug-likeness (QED) is 0.535. The minimum Gasteiger partial charge on any atom is -0.302 e. The fourth-order valence-electron chi connectivity index (χ4n) is 2.03. The van der Waals surface area contributed by atoms with Gasteiger partial charge in [-0.05, 0) is 36.8 Å². The first-order chi connectivity index (χ1) is 8.01. The molecule has 1 aromatic carbocycles. The van der Waals surface area contributed by atoms with Gasteiger partial charge in [-0.25, -0.2) is 0 Å². The van der Waals surface area contributed by atoms with Crippen molar-refractivity contribution in [1.82, 2.24) is 0 Å². The first kappa shape index (κ1) is 13.7. The van der Waals surface area contributed by atoms with E-state index in [-0.39, 0.29) is 0 Å². The number of carbonyl (C=O) groups is 1. The van der Waals surface area contributed by atoms with Crippen LogP contribution in [0.3, 0.4) is 0 Å². The molecule has 0 heterocycles. The molecule has 1 rings (SSSR count). The minimum absolute atomic E-state index is 0.432. The molecule has 1 aromatic rings. The van der Waals surface area contributed by atoms with Crippen molar-refractivity contribution in [3.8, 4) is 0 Å². The average Bonchev–Trinajstić information content (AvgIpc) is 2.29. The minimum atomic E-state index is -0.432. The van der Waals surface area contributed by atoms with Crippen molar-refractivity contribution in [3.63, 3.8) is 0 Å². The zero-order valence-corrected chi connectivity index (χ0v) is 11.1. The highest BCUT2D eigenvalue weighted by Gasteiger charge is 2.24. The molecule has 0 amide bonds. The Morgan fingerprint density at radius 2 is 1.88 bits per heavy atom. The van der Waals surface area contributed by atoms with E-state index in [9.17, 15) is 4.79 Å². The fraction of sp³-hybridized carbons (Fsp3) is 0.438. The van der Waals surface area contributed by atoms with E-state index in [0.29, 0.717) is 12.3 Å². The van der Waals surface area contributed by atoms with Crippen molar-refractivity contribution in [2.45, 2.75) is 39.0 Å². The molecule has 0 aromatic heterocycles. The van der Waals surface area contributed by atoms with Crippen LogP contribution in [0.25, 0.3) is 0 Å². The summed E-state index contributed by atoms with van der Waals surface area (Å²) in [6, 6.07) is 8.38. The molecule has 0 spiro atoms. The van der Waals surface area contributed by atoms with Crippen LogP contribution in [0.4, 0.5) is 0 Å². The molecule has 1 atom stereocenters. The summed E-state index contributed by atoms with van der Waals surface area (Å²) in [7, 11) is 0. The lowest BCUT2D eigenvalue weighted by Crippen LogP contribution is -2.22. The summed E-state index contributed by atoms with van der Waals surface area (Å²) in [5.41, 5.74) is 1.97. The lowest BCUT2D eigenvalue weighted by Gasteiger charge is -2.22. The number of hydrogen-bond acceptors (Lipinski definition) is 1. The SMILES string of the molecule is C=CC[C@](C)(C=O)c1ccc(CC(C)C)cc1. The van der Waals surface area contributed by atoms with Crippen LogP contribution in [-0.4, -0.2) is 6.29 Å². The molecule has 92 valence electrons. The molecule has 0 N–H and O–H groups in total. The number of carbonyl (C=O) groups excluding carboxylic acids is 1. The van der Waals surface area contributed by atoms with Crippen molar-refractivity contribution in [2.24, 2.45) is 5.92 Å². The van der Waals surface area contributed by atoms with Gasteiger partial charge in [0.05, 0.1) is 5.41 Å². The second kappa shape index (κ2) is 5.81. The second-order valence-electron chi connectivity index (χ2n) is 5.32. The number of aldehydes is 1. The van der Waals surface area contributed by atoms with Crippen LogP contribution in [-0.2, 0) is 16.6 Å². The molecule has 0 unspecified atom stereocenters. The Bertz CT molecular complexity index is 375. The van der Waals surface area contributed by atoms with E-state index in [1.165, 1.54) is 5.56 Å². The Kier molecular flexibility index (Phi) is 4.68. The van der Waals surface area contributed by atoms with Crippen LogP contribution in [0.2, 0.25) is 0 Å². The van der Waals surface area contributed by atoms with E-state index in [2.05, 4.69) is 44.7 Å². The number of hydrogen-bond donors (Lipinski definition) is 0. The van der Waals surface area contributed by atoms with Gasteiger partial charge in [0, 0.05) is 0 Å². The van der Waals surface area contributed by atoms with Crippen LogP contribution in [0.1, 0.15) is 38.3 Å². The van der Waals surface area contributed by atoms with Crippen LogP contribution in [0.5, 0.6) is 0 Å². The van der Waals surface area contributed by atoms with E-state index < -0.39 is 5.41 Å². The molecule has 0 radical (unpaired) electrons. The highest BCUT2D eigenvalue weighted by Crippen LogP contribution is 2.26. The molecule has 0 aliphatic rings. The van der Waals surface area contributed by atoms with Gasteiger partial charge < -0.3 is 4.79 Å². The van der Waals surface area contributed by atoms with Gasteiger partial charge in [-0.2, -0.15) is 0 Å². The standard InChI is InChI=1S/C16H22O/c1-5-10-16(4,12-17)15-8-6-14(7-9-15)11-13(2)3/h5-9,12-13H,1,10-11H2,2-4H3/t16-/m1/s1. The summed E-state index contributed by atoms with van der Waals surface area (Å²) in [6.07, 6.45) is 4.59. The van der Waals surface area contributed by atoms with Crippen LogP contribution in [0.15, 0.2) is 36.9 Å². The summed E-state index contributed by atoms with van der Waals surface area (Å²) in [5, 5.41) is 0. The molecule has 0 bridgehead atoms. The molecule has 0 aliphatic carbocycles. The average molecular weight is 230 g/mol. The second-order valence-corrected chi connectivity index (χ2v) is 5.32. The highest BCUT2D eigenvalue weighted by atomic mass is 16.1. The largest absolute Gasteiger partial charge is 0.302 e. The van der Waals surface area contributed by atoms with Gasteiger partial charge in [0.2, 0.25) is 0 Å². The zero-order valence-electron chi connectivity index (χ0n) is 11.1. The molecule has 0 saturated carbocycles. The van der Waals surface area contributed by atoms with Crippen LogP contribution < -0.4 is 0 Å². The van der Waals surface area contributed by atoms with Crippen molar-refractivity contribution in [3.05, 3.63) is 48.0 Å². The molecule has 0 fully saturated rings. The van der Waals surface area contributed by atoms with Crippen molar-refractivity contribution in [1.29, 1.82) is 0 Å². The summed E-state index contributed by atoms with van der Waals surface area (Å²) in [6.45, 7) is 10.1. The third-order valence-electron chi connectivity index (χ3n) is 3.09. The van der Waals surface area contributed by atoms with Gasteiger partial charge in [0.1, 0.15) is 6.29 Å². The summed E-state index contributed by atoms with van der Waals surface area (Å²) in [4.78, 5) is 11.2. The van der Waals surface area contributed by atoms with Crippen molar-refractivity contribution >= 4 is 6.29 Å². The maximum Gasteiger partial charge on any atom is 0.130 e. The van der Waals surface area contributed by atoms with Gasteiger partial charge in [0.25, 0.3) is 0 Å². The first-order valence-electron chi connectivity index (χ1n) is 6.18.